The zero-order valence-electron chi connectivity index (χ0n) is 11.9. The third-order valence-corrected chi connectivity index (χ3v) is 5.53. The smallest absolute Gasteiger partial charge is 0.157 e. The highest BCUT2D eigenvalue weighted by Crippen LogP contribution is 2.33. The van der Waals surface area contributed by atoms with E-state index in [1.165, 1.54) is 29.7 Å². The summed E-state index contributed by atoms with van der Waals surface area (Å²) in [6, 6.07) is 0. The molecule has 0 saturated heterocycles. The second kappa shape index (κ2) is 5.96. The van der Waals surface area contributed by atoms with E-state index in [1.54, 1.807) is 11.3 Å². The standard InChI is InChI=1S/C15H19ClN2OS/c1-9-10(2)20-15-13(9)14(16)17-12(18-15)8-19-7-6-11-4-3-5-11/h11H,3-8H2,1-2H3. The summed E-state index contributed by atoms with van der Waals surface area (Å²) in [5, 5.41) is 1.54. The number of fused-ring (bicyclic) bond motifs is 1. The van der Waals surface area contributed by atoms with Gasteiger partial charge in [0.1, 0.15) is 16.6 Å². The van der Waals surface area contributed by atoms with Gasteiger partial charge < -0.3 is 4.74 Å². The molecule has 0 N–H and O–H groups in total. The van der Waals surface area contributed by atoms with E-state index in [4.69, 9.17) is 16.3 Å². The van der Waals surface area contributed by atoms with Gasteiger partial charge in [0, 0.05) is 11.5 Å². The van der Waals surface area contributed by atoms with Gasteiger partial charge in [-0.3, -0.25) is 0 Å². The summed E-state index contributed by atoms with van der Waals surface area (Å²) in [5.74, 6) is 1.57. The van der Waals surface area contributed by atoms with E-state index in [1.807, 2.05) is 0 Å². The number of nitrogens with zero attached hydrogens (tertiary/aromatic N) is 2. The number of ether oxygens (including phenoxy) is 1. The van der Waals surface area contributed by atoms with Crippen LogP contribution < -0.4 is 0 Å². The number of rotatable bonds is 5. The van der Waals surface area contributed by atoms with Crippen LogP contribution in [-0.4, -0.2) is 16.6 Å². The van der Waals surface area contributed by atoms with Crippen molar-refractivity contribution < 1.29 is 4.74 Å². The Morgan fingerprint density at radius 3 is 2.80 bits per heavy atom. The van der Waals surface area contributed by atoms with Crippen molar-refractivity contribution >= 4 is 33.2 Å². The van der Waals surface area contributed by atoms with Crippen molar-refractivity contribution in [2.24, 2.45) is 5.92 Å². The molecule has 2 aromatic heterocycles. The van der Waals surface area contributed by atoms with Crippen molar-refractivity contribution in [1.29, 1.82) is 0 Å². The molecule has 0 spiro atoms. The molecule has 2 heterocycles. The van der Waals surface area contributed by atoms with Gasteiger partial charge in [0.05, 0.1) is 5.39 Å². The Kier molecular flexibility index (Phi) is 4.24. The Labute approximate surface area is 128 Å². The number of hydrogen-bond acceptors (Lipinski definition) is 4. The second-order valence-electron chi connectivity index (χ2n) is 5.53. The number of aryl methyl sites for hydroxylation is 2. The normalized spacial score (nSPS) is 15.8. The lowest BCUT2D eigenvalue weighted by atomic mass is 9.83. The third kappa shape index (κ3) is 2.83. The van der Waals surface area contributed by atoms with Crippen LogP contribution in [-0.2, 0) is 11.3 Å². The molecule has 5 heteroatoms. The number of aromatic nitrogens is 2. The molecule has 108 valence electrons. The van der Waals surface area contributed by atoms with Gasteiger partial charge in [-0.25, -0.2) is 9.97 Å². The van der Waals surface area contributed by atoms with Gasteiger partial charge in [-0.2, -0.15) is 0 Å². The maximum atomic E-state index is 6.28. The molecule has 1 aliphatic carbocycles. The van der Waals surface area contributed by atoms with Crippen LogP contribution in [0.1, 0.15) is 41.9 Å². The van der Waals surface area contributed by atoms with Crippen LogP contribution in [0.3, 0.4) is 0 Å². The molecular weight excluding hydrogens is 292 g/mol. The first-order chi connectivity index (χ1) is 9.65. The summed E-state index contributed by atoms with van der Waals surface area (Å²) >= 11 is 7.95. The highest BCUT2D eigenvalue weighted by molar-refractivity contribution is 7.18. The van der Waals surface area contributed by atoms with Gasteiger partial charge in [0.15, 0.2) is 5.82 Å². The Balaban J connectivity index is 1.65. The van der Waals surface area contributed by atoms with Gasteiger partial charge in [-0.1, -0.05) is 30.9 Å². The predicted molar refractivity (Wildman–Crippen MR) is 83.5 cm³/mol. The molecule has 3 nitrogen and oxygen atoms in total. The van der Waals surface area contributed by atoms with E-state index in [2.05, 4.69) is 23.8 Å². The first-order valence-electron chi connectivity index (χ1n) is 7.15. The average Bonchev–Trinajstić information content (AvgIpc) is 2.63. The van der Waals surface area contributed by atoms with Crippen LogP contribution in [0.4, 0.5) is 0 Å². The fourth-order valence-corrected chi connectivity index (χ4v) is 3.93. The molecule has 0 aliphatic heterocycles. The van der Waals surface area contributed by atoms with Gasteiger partial charge in [-0.05, 0) is 31.7 Å². The van der Waals surface area contributed by atoms with E-state index < -0.39 is 0 Å². The Hall–Kier alpha value is -0.710. The molecule has 20 heavy (non-hydrogen) atoms. The quantitative estimate of drug-likeness (QED) is 0.594. The van der Waals surface area contributed by atoms with Gasteiger partial charge in [0.25, 0.3) is 0 Å². The highest BCUT2D eigenvalue weighted by Gasteiger charge is 2.17. The largest absolute Gasteiger partial charge is 0.373 e. The van der Waals surface area contributed by atoms with Crippen molar-refractivity contribution in [2.45, 2.75) is 46.1 Å². The molecular formula is C15H19ClN2OS. The van der Waals surface area contributed by atoms with E-state index in [0.717, 1.165) is 29.2 Å². The molecule has 0 amide bonds. The minimum Gasteiger partial charge on any atom is -0.373 e. The van der Waals surface area contributed by atoms with E-state index in [0.29, 0.717) is 17.6 Å². The molecule has 0 atom stereocenters. The van der Waals surface area contributed by atoms with Crippen LogP contribution in [0.25, 0.3) is 10.2 Å². The topological polar surface area (TPSA) is 35.0 Å². The summed E-state index contributed by atoms with van der Waals surface area (Å²) in [7, 11) is 0. The Morgan fingerprint density at radius 1 is 1.30 bits per heavy atom. The molecule has 3 rings (SSSR count). The fourth-order valence-electron chi connectivity index (χ4n) is 2.50. The van der Waals surface area contributed by atoms with Crippen molar-refractivity contribution in [3.8, 4) is 0 Å². The molecule has 2 aromatic rings. The van der Waals surface area contributed by atoms with Crippen molar-refractivity contribution in [2.75, 3.05) is 6.61 Å². The molecule has 0 aromatic carbocycles. The lowest BCUT2D eigenvalue weighted by molar-refractivity contribution is 0.0909. The minimum absolute atomic E-state index is 0.457. The number of thiophene rings is 1. The molecule has 1 saturated carbocycles. The summed E-state index contributed by atoms with van der Waals surface area (Å²) < 4.78 is 5.69. The maximum Gasteiger partial charge on any atom is 0.157 e. The van der Waals surface area contributed by atoms with Crippen LogP contribution in [0.5, 0.6) is 0 Å². The Morgan fingerprint density at radius 2 is 2.10 bits per heavy atom. The zero-order valence-corrected chi connectivity index (χ0v) is 13.5. The lowest BCUT2D eigenvalue weighted by Crippen LogP contribution is -2.13. The molecule has 1 fully saturated rings. The molecule has 0 unspecified atom stereocenters. The minimum atomic E-state index is 0.457. The SMILES string of the molecule is Cc1sc2nc(COCCC3CCC3)nc(Cl)c2c1C. The number of hydrogen-bond donors (Lipinski definition) is 0. The first-order valence-corrected chi connectivity index (χ1v) is 8.34. The Bertz CT molecular complexity index is 622. The van der Waals surface area contributed by atoms with E-state index >= 15 is 0 Å². The van der Waals surface area contributed by atoms with Crippen LogP contribution in [0, 0.1) is 19.8 Å². The molecule has 0 radical (unpaired) electrons. The highest BCUT2D eigenvalue weighted by atomic mass is 35.5. The lowest BCUT2D eigenvalue weighted by Gasteiger charge is -2.24. The number of halogens is 1. The van der Waals surface area contributed by atoms with Gasteiger partial charge >= 0.3 is 0 Å². The summed E-state index contributed by atoms with van der Waals surface area (Å²) in [6.45, 7) is 5.41. The van der Waals surface area contributed by atoms with Gasteiger partial charge in [-0.15, -0.1) is 11.3 Å². The summed E-state index contributed by atoms with van der Waals surface area (Å²) in [5.41, 5.74) is 1.19. The average molecular weight is 311 g/mol. The van der Waals surface area contributed by atoms with Crippen LogP contribution in [0.2, 0.25) is 5.15 Å². The molecule has 0 bridgehead atoms. The first kappa shape index (κ1) is 14.2. The third-order valence-electron chi connectivity index (χ3n) is 4.16. The zero-order chi connectivity index (χ0) is 14.1. The van der Waals surface area contributed by atoms with Crippen LogP contribution in [0.15, 0.2) is 0 Å². The van der Waals surface area contributed by atoms with Crippen molar-refractivity contribution in [1.82, 2.24) is 9.97 Å². The van der Waals surface area contributed by atoms with Crippen molar-refractivity contribution in [3.05, 3.63) is 21.4 Å². The summed E-state index contributed by atoms with van der Waals surface area (Å²) in [4.78, 5) is 11.1. The van der Waals surface area contributed by atoms with Crippen molar-refractivity contribution in [3.63, 3.8) is 0 Å². The van der Waals surface area contributed by atoms with E-state index in [-0.39, 0.29) is 0 Å². The van der Waals surface area contributed by atoms with E-state index in [9.17, 15) is 0 Å². The monoisotopic (exact) mass is 310 g/mol. The maximum absolute atomic E-state index is 6.28. The van der Waals surface area contributed by atoms with Crippen LogP contribution >= 0.6 is 22.9 Å². The summed E-state index contributed by atoms with van der Waals surface area (Å²) in [6.07, 6.45) is 5.28. The predicted octanol–water partition coefficient (Wildman–Crippen LogP) is 4.67. The molecule has 1 aliphatic rings. The fraction of sp³-hybridized carbons (Fsp3) is 0.600. The van der Waals surface area contributed by atoms with Gasteiger partial charge in [0.2, 0.25) is 0 Å². The second-order valence-corrected chi connectivity index (χ2v) is 7.09.